The molecule has 1 heterocycles. The van der Waals surface area contributed by atoms with E-state index in [2.05, 4.69) is 24.1 Å². The summed E-state index contributed by atoms with van der Waals surface area (Å²) < 4.78 is 0. The second-order valence-electron chi connectivity index (χ2n) is 7.92. The van der Waals surface area contributed by atoms with Crippen molar-refractivity contribution in [3.63, 3.8) is 0 Å². The van der Waals surface area contributed by atoms with Crippen LogP contribution in [-0.4, -0.2) is 15.9 Å². The third-order valence-corrected chi connectivity index (χ3v) is 5.24. The number of amides is 1. The van der Waals surface area contributed by atoms with Crippen molar-refractivity contribution in [1.82, 2.24) is 15.3 Å². The van der Waals surface area contributed by atoms with E-state index in [4.69, 9.17) is 4.98 Å². The molecule has 0 spiro atoms. The van der Waals surface area contributed by atoms with E-state index in [1.54, 1.807) is 6.07 Å². The topological polar surface area (TPSA) is 74.8 Å². The quantitative estimate of drug-likeness (QED) is 0.839. The van der Waals surface area contributed by atoms with E-state index in [-0.39, 0.29) is 11.5 Å². The van der Waals surface area contributed by atoms with Crippen LogP contribution in [0.2, 0.25) is 0 Å². The van der Waals surface area contributed by atoms with Crippen molar-refractivity contribution in [2.24, 2.45) is 5.92 Å². The third kappa shape index (κ3) is 4.05. The normalized spacial score (nSPS) is 20.1. The first-order chi connectivity index (χ1) is 11.5. The monoisotopic (exact) mass is 331 g/mol. The molecule has 0 aromatic carbocycles. The summed E-state index contributed by atoms with van der Waals surface area (Å²) in [6.45, 7) is 4.25. The van der Waals surface area contributed by atoms with Gasteiger partial charge in [0.25, 0.3) is 5.56 Å². The number of H-pyrrole nitrogens is 1. The van der Waals surface area contributed by atoms with Crippen LogP contribution in [0.3, 0.4) is 0 Å². The van der Waals surface area contributed by atoms with E-state index in [1.165, 1.54) is 6.42 Å². The van der Waals surface area contributed by atoms with Gasteiger partial charge in [-0.3, -0.25) is 9.59 Å². The maximum absolute atomic E-state index is 12.5. The van der Waals surface area contributed by atoms with Crippen molar-refractivity contribution in [1.29, 1.82) is 0 Å². The fraction of sp³-hybridized carbons (Fsp3) is 0.737. The second-order valence-corrected chi connectivity index (χ2v) is 7.92. The van der Waals surface area contributed by atoms with Crippen LogP contribution in [0, 0.1) is 5.92 Å². The lowest BCUT2D eigenvalue weighted by atomic mass is 9.80. The third-order valence-electron chi connectivity index (χ3n) is 5.24. The molecular formula is C19H29N3O2. The van der Waals surface area contributed by atoms with Gasteiger partial charge in [-0.2, -0.15) is 0 Å². The number of aromatic nitrogens is 2. The van der Waals surface area contributed by atoms with Gasteiger partial charge in [-0.25, -0.2) is 4.98 Å². The summed E-state index contributed by atoms with van der Waals surface area (Å²) in [5, 5.41) is 3.25. The van der Waals surface area contributed by atoms with Crippen molar-refractivity contribution < 1.29 is 4.79 Å². The number of hydrogen-bond acceptors (Lipinski definition) is 3. The first kappa shape index (κ1) is 17.2. The number of rotatable bonds is 6. The Morgan fingerprint density at radius 2 is 2.04 bits per heavy atom. The van der Waals surface area contributed by atoms with Crippen LogP contribution in [0.4, 0.5) is 0 Å². The molecule has 0 bridgehead atoms. The Bertz CT molecular complexity index is 640. The molecule has 0 radical (unpaired) electrons. The fourth-order valence-corrected chi connectivity index (χ4v) is 3.62. The lowest BCUT2D eigenvalue weighted by molar-refractivity contribution is -0.124. The summed E-state index contributed by atoms with van der Waals surface area (Å²) >= 11 is 0. The van der Waals surface area contributed by atoms with Crippen LogP contribution < -0.4 is 10.9 Å². The van der Waals surface area contributed by atoms with E-state index >= 15 is 0 Å². The Morgan fingerprint density at radius 1 is 1.33 bits per heavy atom. The average molecular weight is 331 g/mol. The Balaban J connectivity index is 1.85. The molecular weight excluding hydrogens is 302 g/mol. The molecule has 2 aliphatic carbocycles. The Hall–Kier alpha value is -1.65. The largest absolute Gasteiger partial charge is 0.343 e. The first-order valence-corrected chi connectivity index (χ1v) is 9.41. The van der Waals surface area contributed by atoms with Crippen molar-refractivity contribution in [2.45, 2.75) is 83.1 Å². The Morgan fingerprint density at radius 3 is 2.67 bits per heavy atom. The van der Waals surface area contributed by atoms with Gasteiger partial charge >= 0.3 is 0 Å². The van der Waals surface area contributed by atoms with Gasteiger partial charge in [0.2, 0.25) is 5.91 Å². The number of aromatic amines is 1. The van der Waals surface area contributed by atoms with Gasteiger partial charge < -0.3 is 10.3 Å². The van der Waals surface area contributed by atoms with Crippen LogP contribution in [-0.2, 0) is 10.3 Å². The van der Waals surface area contributed by atoms with Crippen molar-refractivity contribution in [3.8, 4) is 0 Å². The molecule has 5 nitrogen and oxygen atoms in total. The Kier molecular flexibility index (Phi) is 5.07. The molecule has 0 atom stereocenters. The summed E-state index contributed by atoms with van der Waals surface area (Å²) in [6.07, 6.45) is 8.65. The fourth-order valence-electron chi connectivity index (χ4n) is 3.62. The zero-order valence-corrected chi connectivity index (χ0v) is 14.9. The molecule has 1 amide bonds. The standard InChI is InChI=1S/C19H29N3O2/c1-13(2)6-9-16(23)22-19(10-4-3-5-11-19)18-20-15(14-7-8-14)12-17(24)21-18/h12-14H,3-11H2,1-2H3,(H,22,23)(H,20,21,24). The molecule has 0 saturated heterocycles. The maximum atomic E-state index is 12.5. The molecule has 0 aliphatic heterocycles. The Labute approximate surface area is 143 Å². The highest BCUT2D eigenvalue weighted by Gasteiger charge is 2.38. The molecule has 5 heteroatoms. The molecule has 1 aromatic heterocycles. The molecule has 2 N–H and O–H groups in total. The maximum Gasteiger partial charge on any atom is 0.251 e. The second kappa shape index (κ2) is 7.08. The van der Waals surface area contributed by atoms with Gasteiger partial charge in [0, 0.05) is 18.4 Å². The van der Waals surface area contributed by atoms with Crippen LogP contribution >= 0.6 is 0 Å². The highest BCUT2D eigenvalue weighted by molar-refractivity contribution is 5.76. The summed E-state index contributed by atoms with van der Waals surface area (Å²) in [7, 11) is 0. The molecule has 2 saturated carbocycles. The first-order valence-electron chi connectivity index (χ1n) is 9.41. The van der Waals surface area contributed by atoms with Crippen LogP contribution in [0.25, 0.3) is 0 Å². The van der Waals surface area contributed by atoms with E-state index in [1.807, 2.05) is 0 Å². The molecule has 2 aliphatic rings. The van der Waals surface area contributed by atoms with Gasteiger partial charge in [0.1, 0.15) is 5.82 Å². The molecule has 1 aromatic rings. The lowest BCUT2D eigenvalue weighted by Crippen LogP contribution is -2.49. The van der Waals surface area contributed by atoms with Crippen LogP contribution in [0.5, 0.6) is 0 Å². The van der Waals surface area contributed by atoms with Crippen LogP contribution in [0.15, 0.2) is 10.9 Å². The lowest BCUT2D eigenvalue weighted by Gasteiger charge is -2.37. The number of nitrogens with one attached hydrogen (secondary N) is 2. The van der Waals surface area contributed by atoms with E-state index in [0.29, 0.717) is 24.1 Å². The molecule has 132 valence electrons. The smallest absolute Gasteiger partial charge is 0.251 e. The van der Waals surface area contributed by atoms with Crippen molar-refractivity contribution in [3.05, 3.63) is 27.9 Å². The van der Waals surface area contributed by atoms with Crippen molar-refractivity contribution >= 4 is 5.91 Å². The van der Waals surface area contributed by atoms with Gasteiger partial charge in [0.15, 0.2) is 0 Å². The minimum absolute atomic E-state index is 0.0741. The predicted molar refractivity (Wildman–Crippen MR) is 93.8 cm³/mol. The summed E-state index contributed by atoms with van der Waals surface area (Å²) in [6, 6.07) is 1.62. The van der Waals surface area contributed by atoms with Gasteiger partial charge in [0.05, 0.1) is 11.2 Å². The molecule has 0 unspecified atom stereocenters. The SMILES string of the molecule is CC(C)CCC(=O)NC1(c2nc(C3CC3)cc(=O)[nH]2)CCCCC1. The highest BCUT2D eigenvalue weighted by Crippen LogP contribution is 2.40. The number of carbonyl (C=O) groups is 1. The molecule has 3 rings (SSSR count). The minimum Gasteiger partial charge on any atom is -0.343 e. The number of hydrogen-bond donors (Lipinski definition) is 2. The number of nitrogens with zero attached hydrogens (tertiary/aromatic N) is 1. The van der Waals surface area contributed by atoms with Gasteiger partial charge in [-0.1, -0.05) is 33.1 Å². The molecule has 2 fully saturated rings. The van der Waals surface area contributed by atoms with E-state index in [9.17, 15) is 9.59 Å². The van der Waals surface area contributed by atoms with E-state index < -0.39 is 5.54 Å². The average Bonchev–Trinajstić information content (AvgIpc) is 3.38. The zero-order chi connectivity index (χ0) is 17.2. The van der Waals surface area contributed by atoms with Gasteiger partial charge in [-0.15, -0.1) is 0 Å². The van der Waals surface area contributed by atoms with Crippen LogP contribution in [0.1, 0.15) is 89.1 Å². The number of carbonyl (C=O) groups excluding carboxylic acids is 1. The highest BCUT2D eigenvalue weighted by atomic mass is 16.1. The summed E-state index contributed by atoms with van der Waals surface area (Å²) in [4.78, 5) is 32.3. The molecule has 24 heavy (non-hydrogen) atoms. The summed E-state index contributed by atoms with van der Waals surface area (Å²) in [5.41, 5.74) is 0.314. The predicted octanol–water partition coefficient (Wildman–Crippen LogP) is 3.36. The van der Waals surface area contributed by atoms with E-state index in [0.717, 1.165) is 50.6 Å². The zero-order valence-electron chi connectivity index (χ0n) is 14.9. The summed E-state index contributed by atoms with van der Waals surface area (Å²) in [5.74, 6) is 1.69. The van der Waals surface area contributed by atoms with Gasteiger partial charge in [-0.05, 0) is 38.0 Å². The minimum atomic E-state index is -0.490. The van der Waals surface area contributed by atoms with Crippen molar-refractivity contribution in [2.75, 3.05) is 0 Å².